The van der Waals surface area contributed by atoms with E-state index in [1.165, 1.54) is 11.3 Å². The van der Waals surface area contributed by atoms with Crippen LogP contribution in [0.15, 0.2) is 17.5 Å². The standard InChI is InChI=1S/C8H10N2OS/c9-6-7(10-3-4-11)8-2-1-5-12-8/h1-2,5,7,10-11H,3-4H2. The molecular weight excluding hydrogens is 172 g/mol. The minimum absolute atomic E-state index is 0.0591. The van der Waals surface area contributed by atoms with E-state index in [2.05, 4.69) is 11.4 Å². The van der Waals surface area contributed by atoms with Crippen molar-refractivity contribution in [3.63, 3.8) is 0 Å². The van der Waals surface area contributed by atoms with Crippen LogP contribution < -0.4 is 5.32 Å². The van der Waals surface area contributed by atoms with E-state index in [-0.39, 0.29) is 12.6 Å². The molecule has 0 saturated carbocycles. The lowest BCUT2D eigenvalue weighted by molar-refractivity contribution is 0.289. The summed E-state index contributed by atoms with van der Waals surface area (Å²) in [7, 11) is 0. The van der Waals surface area contributed by atoms with Gasteiger partial charge in [0.05, 0.1) is 12.7 Å². The Bertz CT molecular complexity index is 253. The first kappa shape index (κ1) is 9.20. The predicted octanol–water partition coefficient (Wildman–Crippen LogP) is 0.895. The van der Waals surface area contributed by atoms with Gasteiger partial charge in [-0.3, -0.25) is 5.32 Å². The molecule has 1 atom stereocenters. The first-order valence-corrected chi connectivity index (χ1v) is 4.53. The third kappa shape index (κ3) is 2.31. The number of nitrogens with one attached hydrogen (secondary N) is 1. The molecule has 0 amide bonds. The Morgan fingerprint density at radius 2 is 2.58 bits per heavy atom. The predicted molar refractivity (Wildman–Crippen MR) is 47.8 cm³/mol. The lowest BCUT2D eigenvalue weighted by Crippen LogP contribution is -2.22. The Hall–Kier alpha value is -0.890. The fourth-order valence-electron chi connectivity index (χ4n) is 0.874. The van der Waals surface area contributed by atoms with Crippen LogP contribution in [0, 0.1) is 11.3 Å². The maximum atomic E-state index is 8.74. The van der Waals surface area contributed by atoms with Crippen molar-refractivity contribution in [2.45, 2.75) is 6.04 Å². The number of hydrogen-bond acceptors (Lipinski definition) is 4. The van der Waals surface area contributed by atoms with E-state index in [9.17, 15) is 0 Å². The zero-order valence-corrected chi connectivity index (χ0v) is 7.34. The van der Waals surface area contributed by atoms with Gasteiger partial charge >= 0.3 is 0 Å². The van der Waals surface area contributed by atoms with Gasteiger partial charge < -0.3 is 5.11 Å². The molecule has 0 aliphatic carbocycles. The third-order valence-corrected chi connectivity index (χ3v) is 2.35. The van der Waals surface area contributed by atoms with Crippen LogP contribution in [0.3, 0.4) is 0 Å². The molecule has 0 fully saturated rings. The molecule has 1 heterocycles. The van der Waals surface area contributed by atoms with Gasteiger partial charge in [-0.05, 0) is 11.4 Å². The zero-order chi connectivity index (χ0) is 8.81. The Morgan fingerprint density at radius 3 is 3.08 bits per heavy atom. The van der Waals surface area contributed by atoms with E-state index in [4.69, 9.17) is 10.4 Å². The lowest BCUT2D eigenvalue weighted by Gasteiger charge is -2.06. The van der Waals surface area contributed by atoms with Crippen LogP contribution in [-0.4, -0.2) is 18.3 Å². The monoisotopic (exact) mass is 182 g/mol. The summed E-state index contributed by atoms with van der Waals surface area (Å²) in [6.45, 7) is 0.514. The minimum Gasteiger partial charge on any atom is -0.395 e. The molecule has 1 rings (SSSR count). The van der Waals surface area contributed by atoms with E-state index in [1.807, 2.05) is 17.5 Å². The highest BCUT2D eigenvalue weighted by atomic mass is 32.1. The first-order chi connectivity index (χ1) is 5.88. The fourth-order valence-corrected chi connectivity index (χ4v) is 1.62. The topological polar surface area (TPSA) is 56.0 Å². The molecule has 0 aliphatic rings. The molecular formula is C8H10N2OS. The van der Waals surface area contributed by atoms with E-state index in [1.54, 1.807) is 0 Å². The Morgan fingerprint density at radius 1 is 1.75 bits per heavy atom. The number of nitrogens with zero attached hydrogens (tertiary/aromatic N) is 1. The average molecular weight is 182 g/mol. The fraction of sp³-hybridized carbons (Fsp3) is 0.375. The quantitative estimate of drug-likeness (QED) is 0.727. The summed E-state index contributed by atoms with van der Waals surface area (Å²) in [5, 5.41) is 22.1. The summed E-state index contributed by atoms with van der Waals surface area (Å²) >= 11 is 1.54. The Labute approximate surface area is 75.3 Å². The summed E-state index contributed by atoms with van der Waals surface area (Å²) in [5.74, 6) is 0. The van der Waals surface area contributed by atoms with Gasteiger partial charge in [-0.1, -0.05) is 6.07 Å². The number of thiophene rings is 1. The van der Waals surface area contributed by atoms with Crippen molar-refractivity contribution in [3.05, 3.63) is 22.4 Å². The molecule has 2 N–H and O–H groups in total. The molecule has 0 radical (unpaired) electrons. The maximum Gasteiger partial charge on any atom is 0.130 e. The largest absolute Gasteiger partial charge is 0.395 e. The maximum absolute atomic E-state index is 8.74. The van der Waals surface area contributed by atoms with Crippen LogP contribution in [0.25, 0.3) is 0 Å². The molecule has 0 saturated heterocycles. The third-order valence-electron chi connectivity index (χ3n) is 1.42. The van der Waals surface area contributed by atoms with Gasteiger partial charge in [0.1, 0.15) is 6.04 Å². The number of nitriles is 1. The van der Waals surface area contributed by atoms with E-state index < -0.39 is 0 Å². The zero-order valence-electron chi connectivity index (χ0n) is 6.53. The van der Waals surface area contributed by atoms with Gasteiger partial charge in [0.25, 0.3) is 0 Å². The van der Waals surface area contributed by atoms with Crippen LogP contribution in [0.1, 0.15) is 10.9 Å². The summed E-state index contributed by atoms with van der Waals surface area (Å²) in [4.78, 5) is 0.992. The molecule has 3 nitrogen and oxygen atoms in total. The number of aliphatic hydroxyl groups is 1. The normalized spacial score (nSPS) is 12.3. The van der Waals surface area contributed by atoms with Crippen LogP contribution in [0.5, 0.6) is 0 Å². The number of aliphatic hydroxyl groups excluding tert-OH is 1. The van der Waals surface area contributed by atoms with Crippen molar-refractivity contribution in [2.24, 2.45) is 0 Å². The highest BCUT2D eigenvalue weighted by molar-refractivity contribution is 7.10. The van der Waals surface area contributed by atoms with E-state index >= 15 is 0 Å². The number of rotatable bonds is 4. The lowest BCUT2D eigenvalue weighted by atomic mass is 10.2. The smallest absolute Gasteiger partial charge is 0.130 e. The molecule has 1 aromatic rings. The van der Waals surface area contributed by atoms with Gasteiger partial charge in [-0.15, -0.1) is 11.3 Å². The molecule has 0 spiro atoms. The highest BCUT2D eigenvalue weighted by Crippen LogP contribution is 2.17. The van der Waals surface area contributed by atoms with Crippen LogP contribution in [-0.2, 0) is 0 Å². The second-order valence-corrected chi connectivity index (χ2v) is 3.23. The van der Waals surface area contributed by atoms with Crippen LogP contribution in [0.4, 0.5) is 0 Å². The van der Waals surface area contributed by atoms with Gasteiger partial charge in [0, 0.05) is 11.4 Å². The first-order valence-electron chi connectivity index (χ1n) is 3.65. The molecule has 64 valence electrons. The molecule has 0 bridgehead atoms. The number of hydrogen-bond donors (Lipinski definition) is 2. The van der Waals surface area contributed by atoms with E-state index in [0.29, 0.717) is 6.54 Å². The summed E-state index contributed by atoms with van der Waals surface area (Å²) < 4.78 is 0. The highest BCUT2D eigenvalue weighted by Gasteiger charge is 2.08. The van der Waals surface area contributed by atoms with Crippen molar-refractivity contribution >= 4 is 11.3 Å². The van der Waals surface area contributed by atoms with Gasteiger partial charge in [0.15, 0.2) is 0 Å². The van der Waals surface area contributed by atoms with Gasteiger partial charge in [-0.25, -0.2) is 0 Å². The molecule has 1 unspecified atom stereocenters. The second kappa shape index (κ2) is 4.88. The molecule has 0 aliphatic heterocycles. The minimum atomic E-state index is -0.280. The molecule has 0 aromatic carbocycles. The Kier molecular flexibility index (Phi) is 3.74. The van der Waals surface area contributed by atoms with Crippen molar-refractivity contribution < 1.29 is 5.11 Å². The second-order valence-electron chi connectivity index (χ2n) is 2.26. The summed E-state index contributed by atoms with van der Waals surface area (Å²) in [6, 6.07) is 5.66. The SMILES string of the molecule is N#CC(NCCO)c1cccs1. The van der Waals surface area contributed by atoms with Crippen LogP contribution in [0.2, 0.25) is 0 Å². The van der Waals surface area contributed by atoms with Crippen molar-refractivity contribution in [1.82, 2.24) is 5.32 Å². The van der Waals surface area contributed by atoms with Crippen molar-refractivity contribution in [2.75, 3.05) is 13.2 Å². The van der Waals surface area contributed by atoms with Crippen molar-refractivity contribution in [1.29, 1.82) is 5.26 Å². The van der Waals surface area contributed by atoms with Crippen LogP contribution >= 0.6 is 11.3 Å². The van der Waals surface area contributed by atoms with Crippen molar-refractivity contribution in [3.8, 4) is 6.07 Å². The summed E-state index contributed by atoms with van der Waals surface area (Å²) in [5.41, 5.74) is 0. The average Bonchev–Trinajstić information content (AvgIpc) is 2.59. The Balaban J connectivity index is 2.53. The van der Waals surface area contributed by atoms with E-state index in [0.717, 1.165) is 4.88 Å². The molecule has 4 heteroatoms. The molecule has 1 aromatic heterocycles. The summed E-state index contributed by atoms with van der Waals surface area (Å²) in [6.07, 6.45) is 0. The van der Waals surface area contributed by atoms with Gasteiger partial charge in [0.2, 0.25) is 0 Å². The van der Waals surface area contributed by atoms with Gasteiger partial charge in [-0.2, -0.15) is 5.26 Å². The molecule has 12 heavy (non-hydrogen) atoms.